The van der Waals surface area contributed by atoms with E-state index in [0.717, 1.165) is 48.9 Å². The van der Waals surface area contributed by atoms with Gasteiger partial charge in [-0.3, -0.25) is 9.59 Å². The van der Waals surface area contributed by atoms with E-state index in [1.54, 1.807) is 11.9 Å². The predicted molar refractivity (Wildman–Crippen MR) is 142 cm³/mol. The molecular weight excluding hydrogens is 468 g/mol. The van der Waals surface area contributed by atoms with Crippen molar-refractivity contribution in [3.8, 4) is 0 Å². The number of nitrogens with zero attached hydrogens (tertiary/aromatic N) is 3. The topological polar surface area (TPSA) is 119 Å². The maximum Gasteiger partial charge on any atom is 0.256 e. The maximum absolute atomic E-state index is 13.2. The van der Waals surface area contributed by atoms with Gasteiger partial charge < -0.3 is 26.0 Å². The van der Waals surface area contributed by atoms with Crippen molar-refractivity contribution < 1.29 is 14.7 Å². The minimum atomic E-state index is -0.450. The van der Waals surface area contributed by atoms with Crippen molar-refractivity contribution in [3.05, 3.63) is 77.0 Å². The van der Waals surface area contributed by atoms with Gasteiger partial charge in [-0.2, -0.15) is 4.98 Å². The average Bonchev–Trinajstić information content (AvgIpc) is 3.43. The summed E-state index contributed by atoms with van der Waals surface area (Å²) < 4.78 is 0. The van der Waals surface area contributed by atoms with Crippen molar-refractivity contribution in [1.82, 2.24) is 20.2 Å². The molecule has 0 spiro atoms. The molecule has 1 aliphatic heterocycles. The fourth-order valence-electron chi connectivity index (χ4n) is 4.95. The molecule has 1 aliphatic carbocycles. The smallest absolute Gasteiger partial charge is 0.256 e. The standard InChI is InChI=1S/C28H32N6O3/c1-34-14-13-19-15-21(11-12-22(19)27(34)37)31-28-29-16-23(26(36)30-20-9-5-6-10-20)25(33-28)32-24(17-35)18-7-3-2-4-8-18/h2-4,7-8,11-12,15-16,20,24,35H,5-6,9-10,13-14,17H2,1H3,(H,30,36)(H2,29,31,32,33)/t24-/m1/s1. The number of hydrogen-bond donors (Lipinski definition) is 4. The highest BCUT2D eigenvalue weighted by molar-refractivity contribution is 5.99. The normalized spacial score (nSPS) is 16.3. The first-order chi connectivity index (χ1) is 18.0. The van der Waals surface area contributed by atoms with Gasteiger partial charge in [0.15, 0.2) is 0 Å². The van der Waals surface area contributed by atoms with Crippen LogP contribution in [-0.2, 0) is 6.42 Å². The quantitative estimate of drug-likeness (QED) is 0.373. The Hall–Kier alpha value is -3.98. The average molecular weight is 501 g/mol. The number of likely N-dealkylation sites (N-methyl/N-ethyl adjacent to an activating group) is 1. The van der Waals surface area contributed by atoms with Crippen LogP contribution in [0.25, 0.3) is 0 Å². The largest absolute Gasteiger partial charge is 0.394 e. The Morgan fingerprint density at radius 3 is 2.70 bits per heavy atom. The number of anilines is 3. The second-order valence-corrected chi connectivity index (χ2v) is 9.67. The number of carbonyl (C=O) groups excluding carboxylic acids is 2. The third-order valence-electron chi connectivity index (χ3n) is 7.07. The number of nitrogens with one attached hydrogen (secondary N) is 3. The first-order valence-electron chi connectivity index (χ1n) is 12.8. The highest BCUT2D eigenvalue weighted by Crippen LogP contribution is 2.26. The molecule has 0 saturated heterocycles. The van der Waals surface area contributed by atoms with E-state index in [4.69, 9.17) is 0 Å². The summed E-state index contributed by atoms with van der Waals surface area (Å²) >= 11 is 0. The third-order valence-corrected chi connectivity index (χ3v) is 7.07. The lowest BCUT2D eigenvalue weighted by Crippen LogP contribution is -2.34. The van der Waals surface area contributed by atoms with Crippen LogP contribution in [-0.4, -0.2) is 58.0 Å². The van der Waals surface area contributed by atoms with E-state index in [0.29, 0.717) is 29.4 Å². The molecule has 4 N–H and O–H groups in total. The Bertz CT molecular complexity index is 1280. The van der Waals surface area contributed by atoms with Gasteiger partial charge in [0.1, 0.15) is 11.4 Å². The van der Waals surface area contributed by atoms with E-state index in [9.17, 15) is 14.7 Å². The maximum atomic E-state index is 13.2. The Labute approximate surface area is 216 Å². The van der Waals surface area contributed by atoms with Gasteiger partial charge in [-0.05, 0) is 48.6 Å². The van der Waals surface area contributed by atoms with E-state index < -0.39 is 6.04 Å². The SMILES string of the molecule is CN1CCc2cc(Nc3ncc(C(=O)NC4CCCC4)c(N[C@H](CO)c4ccccc4)n3)ccc2C1=O. The molecule has 37 heavy (non-hydrogen) atoms. The second kappa shape index (κ2) is 11.0. The number of rotatable bonds is 8. The number of amides is 2. The van der Waals surface area contributed by atoms with Crippen LogP contribution in [0.5, 0.6) is 0 Å². The first-order valence-corrected chi connectivity index (χ1v) is 12.8. The summed E-state index contributed by atoms with van der Waals surface area (Å²) in [5.74, 6) is 0.431. The summed E-state index contributed by atoms with van der Waals surface area (Å²) in [5.41, 5.74) is 3.64. The number of carbonyl (C=O) groups is 2. The first kappa shape index (κ1) is 24.7. The molecule has 1 atom stereocenters. The van der Waals surface area contributed by atoms with Crippen molar-refractivity contribution in [2.24, 2.45) is 0 Å². The minimum absolute atomic E-state index is 0.0177. The number of aliphatic hydroxyl groups is 1. The zero-order valence-corrected chi connectivity index (χ0v) is 20.9. The fraction of sp³-hybridized carbons (Fsp3) is 0.357. The molecule has 0 bridgehead atoms. The van der Waals surface area contributed by atoms with Crippen LogP contribution < -0.4 is 16.0 Å². The van der Waals surface area contributed by atoms with Crippen LogP contribution >= 0.6 is 0 Å². The number of hydrogen-bond acceptors (Lipinski definition) is 7. The highest BCUT2D eigenvalue weighted by atomic mass is 16.3. The van der Waals surface area contributed by atoms with Gasteiger partial charge >= 0.3 is 0 Å². The van der Waals surface area contributed by atoms with Gasteiger partial charge in [0, 0.05) is 37.1 Å². The lowest BCUT2D eigenvalue weighted by Gasteiger charge is -2.25. The summed E-state index contributed by atoms with van der Waals surface area (Å²) in [6.07, 6.45) is 6.44. The molecule has 2 aromatic carbocycles. The molecule has 2 aliphatic rings. The lowest BCUT2D eigenvalue weighted by atomic mass is 9.99. The monoisotopic (exact) mass is 500 g/mol. The molecular formula is C28H32N6O3. The summed E-state index contributed by atoms with van der Waals surface area (Å²) in [7, 11) is 1.80. The number of benzene rings is 2. The Morgan fingerprint density at radius 1 is 1.16 bits per heavy atom. The number of aromatic nitrogens is 2. The van der Waals surface area contributed by atoms with Gasteiger partial charge in [-0.15, -0.1) is 0 Å². The van der Waals surface area contributed by atoms with Crippen LogP contribution in [0.15, 0.2) is 54.7 Å². The molecule has 3 aromatic rings. The van der Waals surface area contributed by atoms with Crippen molar-refractivity contribution >= 4 is 29.3 Å². The number of fused-ring (bicyclic) bond motifs is 1. The molecule has 0 radical (unpaired) electrons. The van der Waals surface area contributed by atoms with E-state index >= 15 is 0 Å². The van der Waals surface area contributed by atoms with E-state index in [-0.39, 0.29) is 24.5 Å². The third kappa shape index (κ3) is 5.56. The predicted octanol–water partition coefficient (Wildman–Crippen LogP) is 3.67. The summed E-state index contributed by atoms with van der Waals surface area (Å²) in [6, 6.07) is 14.8. The Morgan fingerprint density at radius 2 is 1.95 bits per heavy atom. The van der Waals surface area contributed by atoms with Gasteiger partial charge in [-0.1, -0.05) is 43.2 Å². The van der Waals surface area contributed by atoms with E-state index in [1.807, 2.05) is 48.5 Å². The van der Waals surface area contributed by atoms with E-state index in [1.165, 1.54) is 6.20 Å². The molecule has 2 heterocycles. The van der Waals surface area contributed by atoms with Crippen molar-refractivity contribution in [3.63, 3.8) is 0 Å². The van der Waals surface area contributed by atoms with Gasteiger partial charge in [0.05, 0.1) is 12.6 Å². The zero-order chi connectivity index (χ0) is 25.8. The molecule has 0 unspecified atom stereocenters. The lowest BCUT2D eigenvalue weighted by molar-refractivity contribution is 0.0780. The molecule has 1 saturated carbocycles. The van der Waals surface area contributed by atoms with Crippen LogP contribution in [0.2, 0.25) is 0 Å². The van der Waals surface area contributed by atoms with Crippen LogP contribution in [0.3, 0.4) is 0 Å². The highest BCUT2D eigenvalue weighted by Gasteiger charge is 2.24. The molecule has 1 fully saturated rings. The van der Waals surface area contributed by atoms with Gasteiger partial charge in [0.2, 0.25) is 5.95 Å². The minimum Gasteiger partial charge on any atom is -0.394 e. The molecule has 5 rings (SSSR count). The van der Waals surface area contributed by atoms with Crippen LogP contribution in [0, 0.1) is 0 Å². The Kier molecular flexibility index (Phi) is 7.32. The molecule has 1 aromatic heterocycles. The molecule has 9 nitrogen and oxygen atoms in total. The number of aliphatic hydroxyl groups excluding tert-OH is 1. The Balaban J connectivity index is 1.42. The molecule has 9 heteroatoms. The molecule has 2 amide bonds. The molecule has 192 valence electrons. The fourth-order valence-corrected chi connectivity index (χ4v) is 4.95. The van der Waals surface area contributed by atoms with Gasteiger partial charge in [-0.25, -0.2) is 4.98 Å². The van der Waals surface area contributed by atoms with Crippen LogP contribution in [0.1, 0.15) is 63.6 Å². The zero-order valence-electron chi connectivity index (χ0n) is 20.9. The summed E-state index contributed by atoms with van der Waals surface area (Å²) in [4.78, 5) is 36.4. The summed E-state index contributed by atoms with van der Waals surface area (Å²) in [6.45, 7) is 0.500. The van der Waals surface area contributed by atoms with E-state index in [2.05, 4.69) is 25.9 Å². The van der Waals surface area contributed by atoms with Crippen LogP contribution in [0.4, 0.5) is 17.5 Å². The summed E-state index contributed by atoms with van der Waals surface area (Å²) in [5, 5.41) is 19.7. The van der Waals surface area contributed by atoms with Crippen molar-refractivity contribution in [2.45, 2.75) is 44.2 Å². The van der Waals surface area contributed by atoms with Crippen molar-refractivity contribution in [2.75, 3.05) is 30.8 Å². The second-order valence-electron chi connectivity index (χ2n) is 9.67. The van der Waals surface area contributed by atoms with Crippen molar-refractivity contribution in [1.29, 1.82) is 0 Å². The van der Waals surface area contributed by atoms with Gasteiger partial charge in [0.25, 0.3) is 11.8 Å².